The van der Waals surface area contributed by atoms with Gasteiger partial charge in [-0.1, -0.05) is 0 Å². The van der Waals surface area contributed by atoms with Crippen LogP contribution in [0.15, 0.2) is 0 Å². The molecule has 0 aromatic rings. The third-order valence-corrected chi connectivity index (χ3v) is 2.73. The predicted octanol–water partition coefficient (Wildman–Crippen LogP) is -0.974. The number of rotatable bonds is 11. The molecule has 0 aromatic carbocycles. The van der Waals surface area contributed by atoms with Crippen LogP contribution in [0.25, 0.3) is 0 Å². The molecule has 0 radical (unpaired) electrons. The topological polar surface area (TPSA) is 80.3 Å². The lowest BCUT2D eigenvalue weighted by Gasteiger charge is -2.26. The van der Waals surface area contributed by atoms with Crippen LogP contribution in [0, 0.1) is 0 Å². The van der Waals surface area contributed by atoms with Crippen LogP contribution in [0.4, 0.5) is 0 Å². The molecule has 1 saturated heterocycles. The number of carbonyl (C=O) groups is 1. The van der Waals surface area contributed by atoms with Crippen LogP contribution in [-0.4, -0.2) is 88.3 Å². The van der Waals surface area contributed by atoms with E-state index in [9.17, 15) is 4.79 Å². The SMILES string of the molecule is O=C(O)COCCOCCOCCN1CCNCC1. The van der Waals surface area contributed by atoms with E-state index in [1.807, 2.05) is 0 Å². The van der Waals surface area contributed by atoms with Crippen LogP contribution in [-0.2, 0) is 19.0 Å². The van der Waals surface area contributed by atoms with Crippen LogP contribution >= 0.6 is 0 Å². The van der Waals surface area contributed by atoms with Crippen molar-refractivity contribution in [2.75, 3.05) is 72.4 Å². The number of piperazine rings is 1. The molecule has 0 aromatic heterocycles. The van der Waals surface area contributed by atoms with Crippen molar-refractivity contribution in [2.24, 2.45) is 0 Å². The lowest BCUT2D eigenvalue weighted by atomic mass is 10.4. The predicted molar refractivity (Wildman–Crippen MR) is 69.4 cm³/mol. The molecule has 0 aliphatic carbocycles. The Bertz CT molecular complexity index is 234. The third kappa shape index (κ3) is 9.80. The molecule has 7 heteroatoms. The van der Waals surface area contributed by atoms with Gasteiger partial charge < -0.3 is 24.6 Å². The van der Waals surface area contributed by atoms with Crippen molar-refractivity contribution in [3.8, 4) is 0 Å². The monoisotopic (exact) mass is 276 g/mol. The molecular formula is C12H24N2O5. The largest absolute Gasteiger partial charge is 0.480 e. The van der Waals surface area contributed by atoms with E-state index in [0.29, 0.717) is 26.4 Å². The lowest BCUT2D eigenvalue weighted by Crippen LogP contribution is -2.44. The molecule has 2 N–H and O–H groups in total. The summed E-state index contributed by atoms with van der Waals surface area (Å²) < 4.78 is 15.5. The molecule has 0 unspecified atom stereocenters. The van der Waals surface area contributed by atoms with Crippen molar-refractivity contribution in [1.82, 2.24) is 10.2 Å². The summed E-state index contributed by atoms with van der Waals surface area (Å²) in [7, 11) is 0. The summed E-state index contributed by atoms with van der Waals surface area (Å²) in [6, 6.07) is 0. The number of hydrogen-bond donors (Lipinski definition) is 2. The summed E-state index contributed by atoms with van der Waals surface area (Å²) in [5.41, 5.74) is 0. The maximum Gasteiger partial charge on any atom is 0.329 e. The molecule has 0 atom stereocenters. The van der Waals surface area contributed by atoms with Crippen LogP contribution in [0.1, 0.15) is 0 Å². The summed E-state index contributed by atoms with van der Waals surface area (Å²) in [5, 5.41) is 11.6. The molecule has 0 bridgehead atoms. The molecule has 0 amide bonds. The van der Waals surface area contributed by atoms with E-state index in [1.54, 1.807) is 0 Å². The van der Waals surface area contributed by atoms with E-state index in [4.69, 9.17) is 19.3 Å². The van der Waals surface area contributed by atoms with Gasteiger partial charge in [0.05, 0.1) is 33.0 Å². The number of ether oxygens (including phenoxy) is 3. The molecule has 1 fully saturated rings. The normalized spacial score (nSPS) is 16.6. The van der Waals surface area contributed by atoms with Crippen molar-refractivity contribution >= 4 is 5.97 Å². The zero-order chi connectivity index (χ0) is 13.8. The number of carboxylic acid groups (broad SMARTS) is 1. The Hall–Kier alpha value is -0.730. The quantitative estimate of drug-likeness (QED) is 0.470. The number of nitrogens with zero attached hydrogens (tertiary/aromatic N) is 1. The van der Waals surface area contributed by atoms with E-state index in [2.05, 4.69) is 10.2 Å². The minimum absolute atomic E-state index is 0.273. The average molecular weight is 276 g/mol. The number of carboxylic acids is 1. The Morgan fingerprint density at radius 2 is 1.58 bits per heavy atom. The highest BCUT2D eigenvalue weighted by Gasteiger charge is 2.08. The van der Waals surface area contributed by atoms with Crippen molar-refractivity contribution in [1.29, 1.82) is 0 Å². The van der Waals surface area contributed by atoms with Gasteiger partial charge in [0, 0.05) is 32.7 Å². The van der Waals surface area contributed by atoms with Gasteiger partial charge in [-0.3, -0.25) is 4.90 Å². The van der Waals surface area contributed by atoms with Gasteiger partial charge in [-0.15, -0.1) is 0 Å². The Kier molecular flexibility index (Phi) is 9.56. The smallest absolute Gasteiger partial charge is 0.329 e. The number of hydrogen-bond acceptors (Lipinski definition) is 6. The zero-order valence-corrected chi connectivity index (χ0v) is 11.3. The fraction of sp³-hybridized carbons (Fsp3) is 0.917. The molecule has 1 aliphatic rings. The molecular weight excluding hydrogens is 252 g/mol. The highest BCUT2D eigenvalue weighted by molar-refractivity contribution is 5.67. The van der Waals surface area contributed by atoms with E-state index >= 15 is 0 Å². The first-order valence-electron chi connectivity index (χ1n) is 6.67. The van der Waals surface area contributed by atoms with Gasteiger partial charge in [0.15, 0.2) is 0 Å². The van der Waals surface area contributed by atoms with Gasteiger partial charge in [-0.2, -0.15) is 0 Å². The van der Waals surface area contributed by atoms with Gasteiger partial charge in [-0.05, 0) is 0 Å². The first-order valence-corrected chi connectivity index (χ1v) is 6.67. The van der Waals surface area contributed by atoms with E-state index < -0.39 is 5.97 Å². The van der Waals surface area contributed by atoms with E-state index in [-0.39, 0.29) is 6.61 Å². The van der Waals surface area contributed by atoms with Crippen LogP contribution in [0.5, 0.6) is 0 Å². The van der Waals surface area contributed by atoms with Crippen molar-refractivity contribution in [3.05, 3.63) is 0 Å². The van der Waals surface area contributed by atoms with Crippen LogP contribution in [0.3, 0.4) is 0 Å². The second kappa shape index (κ2) is 11.1. The Morgan fingerprint density at radius 3 is 2.21 bits per heavy atom. The summed E-state index contributed by atoms with van der Waals surface area (Å²) in [5.74, 6) is -0.962. The van der Waals surface area contributed by atoms with Crippen LogP contribution in [0.2, 0.25) is 0 Å². The Balaban J connectivity index is 1.74. The van der Waals surface area contributed by atoms with Gasteiger partial charge in [-0.25, -0.2) is 4.79 Å². The Morgan fingerprint density at radius 1 is 1.00 bits per heavy atom. The first-order chi connectivity index (χ1) is 9.29. The molecule has 19 heavy (non-hydrogen) atoms. The third-order valence-electron chi connectivity index (χ3n) is 2.73. The average Bonchev–Trinajstić information content (AvgIpc) is 2.42. The van der Waals surface area contributed by atoms with Gasteiger partial charge in [0.1, 0.15) is 6.61 Å². The van der Waals surface area contributed by atoms with Crippen LogP contribution < -0.4 is 5.32 Å². The second-order valence-corrected chi connectivity index (χ2v) is 4.26. The molecule has 1 aliphatic heterocycles. The highest BCUT2D eigenvalue weighted by atomic mass is 16.5. The fourth-order valence-corrected chi connectivity index (χ4v) is 1.73. The second-order valence-electron chi connectivity index (χ2n) is 4.26. The Labute approximate surface area is 113 Å². The standard InChI is InChI=1S/C12H24N2O5/c15-12(16)11-19-10-9-18-8-7-17-6-5-14-3-1-13-2-4-14/h13H,1-11H2,(H,15,16). The lowest BCUT2D eigenvalue weighted by molar-refractivity contribution is -0.142. The van der Waals surface area contributed by atoms with Crippen molar-refractivity contribution in [3.63, 3.8) is 0 Å². The maximum atomic E-state index is 10.1. The van der Waals surface area contributed by atoms with Gasteiger partial charge in [0.25, 0.3) is 0 Å². The van der Waals surface area contributed by atoms with Crippen molar-refractivity contribution < 1.29 is 24.1 Å². The summed E-state index contributed by atoms with van der Waals surface area (Å²) in [4.78, 5) is 12.5. The summed E-state index contributed by atoms with van der Waals surface area (Å²) >= 11 is 0. The molecule has 1 rings (SSSR count). The minimum Gasteiger partial charge on any atom is -0.480 e. The molecule has 0 spiro atoms. The molecule has 112 valence electrons. The van der Waals surface area contributed by atoms with E-state index in [0.717, 1.165) is 39.3 Å². The zero-order valence-electron chi connectivity index (χ0n) is 11.3. The molecule has 0 saturated carbocycles. The number of nitrogens with one attached hydrogen (secondary N) is 1. The number of aliphatic carboxylic acids is 1. The van der Waals surface area contributed by atoms with Crippen molar-refractivity contribution in [2.45, 2.75) is 0 Å². The van der Waals surface area contributed by atoms with E-state index in [1.165, 1.54) is 0 Å². The summed E-state index contributed by atoms with van der Waals surface area (Å²) in [6.45, 7) is 7.46. The van der Waals surface area contributed by atoms with Gasteiger partial charge >= 0.3 is 5.97 Å². The molecule has 1 heterocycles. The minimum atomic E-state index is -0.962. The fourth-order valence-electron chi connectivity index (χ4n) is 1.73. The van der Waals surface area contributed by atoms with Gasteiger partial charge in [0.2, 0.25) is 0 Å². The highest BCUT2D eigenvalue weighted by Crippen LogP contribution is 1.91. The maximum absolute atomic E-state index is 10.1. The molecule has 7 nitrogen and oxygen atoms in total. The summed E-state index contributed by atoms with van der Waals surface area (Å²) in [6.07, 6.45) is 0. The first kappa shape index (κ1) is 16.3.